The van der Waals surface area contributed by atoms with Gasteiger partial charge in [0, 0.05) is 12.1 Å². The molecule has 3 amide bonds. The number of nitrogens with one attached hydrogen (secondary N) is 1. The van der Waals surface area contributed by atoms with E-state index in [0.717, 1.165) is 11.1 Å². The van der Waals surface area contributed by atoms with Crippen LogP contribution < -0.4 is 5.32 Å². The van der Waals surface area contributed by atoms with Crippen molar-refractivity contribution in [1.29, 1.82) is 0 Å². The molecule has 124 valence electrons. The first-order chi connectivity index (χ1) is 11.6. The first-order valence-electron chi connectivity index (χ1n) is 7.43. The maximum absolute atomic E-state index is 12.2. The number of amides is 3. The number of fused-ring (bicyclic) bond motifs is 1. The fraction of sp³-hybridized carbons (Fsp3) is 0.176. The van der Waals surface area contributed by atoms with Crippen molar-refractivity contribution in [2.75, 3.05) is 6.54 Å². The lowest BCUT2D eigenvalue weighted by atomic mass is 10.1. The molecule has 1 aliphatic rings. The van der Waals surface area contributed by atoms with Crippen LogP contribution in [-0.2, 0) is 24.0 Å². The molecule has 2 aromatic rings. The highest BCUT2D eigenvalue weighted by atomic mass is 32.2. The number of rotatable bonds is 4. The summed E-state index contributed by atoms with van der Waals surface area (Å²) in [5, 5.41) is 2.73. The van der Waals surface area contributed by atoms with Gasteiger partial charge < -0.3 is 9.87 Å². The van der Waals surface area contributed by atoms with Crippen LogP contribution in [0.25, 0.3) is 0 Å². The van der Waals surface area contributed by atoms with E-state index in [9.17, 15) is 13.8 Å². The molecule has 0 saturated carbocycles. The van der Waals surface area contributed by atoms with Crippen molar-refractivity contribution in [3.63, 3.8) is 0 Å². The van der Waals surface area contributed by atoms with Gasteiger partial charge in [0.1, 0.15) is 0 Å². The van der Waals surface area contributed by atoms with Gasteiger partial charge in [-0.2, -0.15) is 0 Å². The Morgan fingerprint density at radius 2 is 1.88 bits per heavy atom. The Hall–Kier alpha value is -2.51. The molecule has 2 N–H and O–H groups in total. The van der Waals surface area contributed by atoms with Crippen LogP contribution in [0.3, 0.4) is 0 Å². The van der Waals surface area contributed by atoms with Gasteiger partial charge in [0.2, 0.25) is 0 Å². The van der Waals surface area contributed by atoms with Gasteiger partial charge in [-0.25, -0.2) is 9.00 Å². The second-order valence-corrected chi connectivity index (χ2v) is 6.39. The zero-order valence-electron chi connectivity index (χ0n) is 12.8. The van der Waals surface area contributed by atoms with Gasteiger partial charge >= 0.3 is 6.03 Å². The molecule has 1 heterocycles. The van der Waals surface area contributed by atoms with Crippen molar-refractivity contribution in [1.82, 2.24) is 10.2 Å². The van der Waals surface area contributed by atoms with E-state index in [1.807, 2.05) is 12.1 Å². The molecule has 2 aromatic carbocycles. The van der Waals surface area contributed by atoms with E-state index < -0.39 is 17.1 Å². The van der Waals surface area contributed by atoms with E-state index in [0.29, 0.717) is 23.4 Å². The maximum Gasteiger partial charge on any atom is 0.324 e. The monoisotopic (exact) mass is 344 g/mol. The van der Waals surface area contributed by atoms with Crippen molar-refractivity contribution < 1.29 is 18.4 Å². The summed E-state index contributed by atoms with van der Waals surface area (Å²) in [5.74, 6) is -0.280. The van der Waals surface area contributed by atoms with Crippen molar-refractivity contribution in [2.45, 2.75) is 17.9 Å². The summed E-state index contributed by atoms with van der Waals surface area (Å²) in [4.78, 5) is 25.9. The Bertz CT molecular complexity index is 804. The Balaban J connectivity index is 1.53. The molecule has 24 heavy (non-hydrogen) atoms. The summed E-state index contributed by atoms with van der Waals surface area (Å²) < 4.78 is 19.9. The third-order valence-electron chi connectivity index (χ3n) is 3.88. The molecule has 7 heteroatoms. The van der Waals surface area contributed by atoms with Gasteiger partial charge in [0.05, 0.1) is 11.4 Å². The molecule has 0 bridgehead atoms. The minimum absolute atomic E-state index is 0.280. The highest BCUT2D eigenvalue weighted by Gasteiger charge is 2.31. The van der Waals surface area contributed by atoms with Crippen LogP contribution >= 0.6 is 0 Å². The Morgan fingerprint density at radius 1 is 1.17 bits per heavy atom. The SMILES string of the molecule is O=C(NCCc1ccc(S(=O)O)cc1)N1Cc2ccccc2C1=O. The predicted molar refractivity (Wildman–Crippen MR) is 88.9 cm³/mol. The third-order valence-corrected chi connectivity index (χ3v) is 4.56. The molecule has 6 nitrogen and oxygen atoms in total. The summed E-state index contributed by atoms with van der Waals surface area (Å²) in [6.45, 7) is 0.665. The van der Waals surface area contributed by atoms with Crippen LogP contribution in [0, 0.1) is 0 Å². The van der Waals surface area contributed by atoms with E-state index in [4.69, 9.17) is 4.55 Å². The zero-order valence-corrected chi connectivity index (χ0v) is 13.6. The maximum atomic E-state index is 12.2. The summed E-state index contributed by atoms with van der Waals surface area (Å²) >= 11 is -1.99. The smallest absolute Gasteiger partial charge is 0.324 e. The molecule has 0 aromatic heterocycles. The van der Waals surface area contributed by atoms with Gasteiger partial charge in [-0.3, -0.25) is 9.69 Å². The second-order valence-electron chi connectivity index (χ2n) is 5.42. The average Bonchev–Trinajstić information content (AvgIpc) is 2.93. The predicted octanol–water partition coefficient (Wildman–Crippen LogP) is 2.18. The fourth-order valence-electron chi connectivity index (χ4n) is 2.60. The lowest BCUT2D eigenvalue weighted by Gasteiger charge is -2.14. The highest BCUT2D eigenvalue weighted by Crippen LogP contribution is 2.22. The highest BCUT2D eigenvalue weighted by molar-refractivity contribution is 7.79. The molecule has 1 aliphatic heterocycles. The topological polar surface area (TPSA) is 86.7 Å². The van der Waals surface area contributed by atoms with Crippen LogP contribution in [0.15, 0.2) is 53.4 Å². The van der Waals surface area contributed by atoms with Gasteiger partial charge in [0.15, 0.2) is 11.1 Å². The molecule has 0 spiro atoms. The summed E-state index contributed by atoms with van der Waals surface area (Å²) in [7, 11) is 0. The lowest BCUT2D eigenvalue weighted by Crippen LogP contribution is -2.40. The van der Waals surface area contributed by atoms with E-state index in [2.05, 4.69) is 5.32 Å². The zero-order chi connectivity index (χ0) is 17.1. The van der Waals surface area contributed by atoms with Crippen molar-refractivity contribution in [3.05, 3.63) is 65.2 Å². The largest absolute Gasteiger partial charge is 0.337 e. The molecule has 3 rings (SSSR count). The first kappa shape index (κ1) is 16.4. The van der Waals surface area contributed by atoms with E-state index >= 15 is 0 Å². The Morgan fingerprint density at radius 3 is 2.54 bits per heavy atom. The number of urea groups is 1. The standard InChI is InChI=1S/C17H16N2O4S/c20-16-15-4-2-1-3-13(15)11-19(16)17(21)18-10-9-12-5-7-14(8-6-12)24(22)23/h1-8H,9-11H2,(H,18,21)(H,22,23). The number of hydrogen-bond acceptors (Lipinski definition) is 3. The number of carbonyl (C=O) groups is 2. The van der Waals surface area contributed by atoms with Gasteiger partial charge in [-0.1, -0.05) is 30.3 Å². The molecule has 0 fully saturated rings. The Kier molecular flexibility index (Phi) is 4.73. The molecule has 1 atom stereocenters. The van der Waals surface area contributed by atoms with E-state index in [1.165, 1.54) is 4.90 Å². The summed E-state index contributed by atoms with van der Waals surface area (Å²) in [6.07, 6.45) is 0.569. The molecular formula is C17H16N2O4S. The Labute approximate surface area is 141 Å². The minimum atomic E-state index is -1.99. The lowest BCUT2D eigenvalue weighted by molar-refractivity contribution is 0.0821. The van der Waals surface area contributed by atoms with Crippen molar-refractivity contribution in [3.8, 4) is 0 Å². The number of benzene rings is 2. The number of carbonyl (C=O) groups excluding carboxylic acids is 2. The molecule has 0 saturated heterocycles. The van der Waals surface area contributed by atoms with Crippen LogP contribution in [0.4, 0.5) is 4.79 Å². The van der Waals surface area contributed by atoms with Gasteiger partial charge in [-0.15, -0.1) is 0 Å². The van der Waals surface area contributed by atoms with Crippen LogP contribution in [-0.4, -0.2) is 32.1 Å². The second kappa shape index (κ2) is 6.94. The normalized spacial score (nSPS) is 14.4. The summed E-state index contributed by atoms with van der Waals surface area (Å²) in [5.41, 5.74) is 2.35. The van der Waals surface area contributed by atoms with Crippen LogP contribution in [0.5, 0.6) is 0 Å². The van der Waals surface area contributed by atoms with Crippen LogP contribution in [0.2, 0.25) is 0 Å². The number of imide groups is 1. The van der Waals surface area contributed by atoms with Crippen molar-refractivity contribution >= 4 is 23.0 Å². The molecule has 0 aliphatic carbocycles. The van der Waals surface area contributed by atoms with Crippen molar-refractivity contribution in [2.24, 2.45) is 0 Å². The molecular weight excluding hydrogens is 328 g/mol. The van der Waals surface area contributed by atoms with E-state index in [-0.39, 0.29) is 12.5 Å². The third kappa shape index (κ3) is 3.37. The minimum Gasteiger partial charge on any atom is -0.337 e. The number of hydrogen-bond donors (Lipinski definition) is 2. The average molecular weight is 344 g/mol. The first-order valence-corrected chi connectivity index (χ1v) is 8.54. The van der Waals surface area contributed by atoms with Gasteiger partial charge in [-0.05, 0) is 35.7 Å². The molecule has 1 unspecified atom stereocenters. The van der Waals surface area contributed by atoms with Crippen LogP contribution in [0.1, 0.15) is 21.5 Å². The van der Waals surface area contributed by atoms with Gasteiger partial charge in [0.25, 0.3) is 5.91 Å². The van der Waals surface area contributed by atoms with E-state index in [1.54, 1.807) is 36.4 Å². The number of nitrogens with zero attached hydrogens (tertiary/aromatic N) is 1. The molecule has 0 radical (unpaired) electrons. The fourth-order valence-corrected chi connectivity index (χ4v) is 2.97. The summed E-state index contributed by atoms with van der Waals surface area (Å²) in [6, 6.07) is 13.4. The quantitative estimate of drug-likeness (QED) is 0.832.